The van der Waals surface area contributed by atoms with Gasteiger partial charge in [-0.25, -0.2) is 9.18 Å². The molecular weight excluding hydrogens is 444 g/mol. The van der Waals surface area contributed by atoms with Gasteiger partial charge in [-0.2, -0.15) is 0 Å². The summed E-state index contributed by atoms with van der Waals surface area (Å²) in [5.74, 6) is -0.363. The van der Waals surface area contributed by atoms with Gasteiger partial charge in [0, 0.05) is 12.1 Å². The first kappa shape index (κ1) is 22.7. The molecule has 0 saturated carbocycles. The zero-order chi connectivity index (χ0) is 22.4. The summed E-state index contributed by atoms with van der Waals surface area (Å²) in [5, 5.41) is 13.0. The van der Waals surface area contributed by atoms with Crippen molar-refractivity contribution in [1.29, 1.82) is 0 Å². The number of aromatic carboxylic acids is 1. The van der Waals surface area contributed by atoms with Crippen molar-refractivity contribution in [1.82, 2.24) is 0 Å². The predicted molar refractivity (Wildman–Crippen MR) is 119 cm³/mol. The Balaban J connectivity index is 1.72. The highest BCUT2D eigenvalue weighted by Crippen LogP contribution is 2.31. The molecule has 0 heterocycles. The van der Waals surface area contributed by atoms with E-state index in [0.29, 0.717) is 45.9 Å². The first-order chi connectivity index (χ1) is 14.9. The number of carboxylic acid groups (broad SMARTS) is 1. The van der Waals surface area contributed by atoms with Crippen molar-refractivity contribution < 1.29 is 23.8 Å². The number of hydrogen-bond donors (Lipinski definition) is 2. The van der Waals surface area contributed by atoms with Gasteiger partial charge in [0.05, 0.1) is 27.9 Å². The lowest BCUT2D eigenvalue weighted by atomic mass is 10.1. The van der Waals surface area contributed by atoms with E-state index in [0.717, 1.165) is 5.56 Å². The SMILES string of the molecule is CCOc1cc(CNc2cc(C(=O)O)ccc2Cl)ccc1OCc1ccc(F)cc1Cl. The van der Waals surface area contributed by atoms with E-state index in [4.69, 9.17) is 37.8 Å². The molecule has 0 saturated heterocycles. The maximum absolute atomic E-state index is 13.2. The normalized spacial score (nSPS) is 10.6. The van der Waals surface area contributed by atoms with Crippen LogP contribution in [0, 0.1) is 5.82 Å². The van der Waals surface area contributed by atoms with Crippen LogP contribution in [-0.2, 0) is 13.2 Å². The number of halogens is 3. The van der Waals surface area contributed by atoms with Gasteiger partial charge in [-0.1, -0.05) is 35.3 Å². The topological polar surface area (TPSA) is 67.8 Å². The van der Waals surface area contributed by atoms with Crippen LogP contribution in [0.25, 0.3) is 0 Å². The number of anilines is 1. The fourth-order valence-corrected chi connectivity index (χ4v) is 3.24. The summed E-state index contributed by atoms with van der Waals surface area (Å²) in [6, 6.07) is 14.1. The molecule has 0 amide bonds. The van der Waals surface area contributed by atoms with E-state index in [2.05, 4.69) is 5.32 Å². The van der Waals surface area contributed by atoms with Gasteiger partial charge in [0.15, 0.2) is 11.5 Å². The standard InChI is InChI=1S/C23H20Cl2FNO4/c1-2-30-22-9-14(12-27-20-10-15(23(28)29)5-7-18(20)24)3-8-21(22)31-13-16-4-6-17(26)11-19(16)25/h3-11,27H,2,12-13H2,1H3,(H,28,29). The molecule has 8 heteroatoms. The number of nitrogens with one attached hydrogen (secondary N) is 1. The Kier molecular flexibility index (Phi) is 7.60. The second-order valence-electron chi connectivity index (χ2n) is 6.59. The molecule has 0 fully saturated rings. The van der Waals surface area contributed by atoms with Crippen molar-refractivity contribution in [2.75, 3.05) is 11.9 Å². The number of hydrogen-bond acceptors (Lipinski definition) is 4. The quantitative estimate of drug-likeness (QED) is 0.383. The molecule has 3 aromatic rings. The van der Waals surface area contributed by atoms with Gasteiger partial charge in [-0.05, 0) is 55.0 Å². The van der Waals surface area contributed by atoms with Crippen LogP contribution in [0.4, 0.5) is 10.1 Å². The Morgan fingerprint density at radius 2 is 1.81 bits per heavy atom. The van der Waals surface area contributed by atoms with Crippen LogP contribution in [0.15, 0.2) is 54.6 Å². The molecule has 0 radical (unpaired) electrons. The van der Waals surface area contributed by atoms with Gasteiger partial charge in [-0.15, -0.1) is 0 Å². The molecule has 0 aromatic heterocycles. The third kappa shape index (κ3) is 6.03. The summed E-state index contributed by atoms with van der Waals surface area (Å²) < 4.78 is 24.7. The average Bonchev–Trinajstić information content (AvgIpc) is 2.73. The Labute approximate surface area is 189 Å². The Morgan fingerprint density at radius 3 is 2.52 bits per heavy atom. The summed E-state index contributed by atoms with van der Waals surface area (Å²) >= 11 is 12.2. The minimum atomic E-state index is -1.03. The maximum Gasteiger partial charge on any atom is 0.335 e. The molecule has 0 bridgehead atoms. The van der Waals surface area contributed by atoms with Crippen LogP contribution in [0.1, 0.15) is 28.4 Å². The zero-order valence-corrected chi connectivity index (χ0v) is 18.1. The van der Waals surface area contributed by atoms with Crippen molar-refractivity contribution in [3.05, 3.63) is 87.2 Å². The third-order valence-corrected chi connectivity index (χ3v) is 5.08. The minimum absolute atomic E-state index is 0.144. The summed E-state index contributed by atoms with van der Waals surface area (Å²) in [4.78, 5) is 11.2. The lowest BCUT2D eigenvalue weighted by Crippen LogP contribution is -2.04. The van der Waals surface area contributed by atoms with Crippen LogP contribution in [0.5, 0.6) is 11.5 Å². The molecule has 3 rings (SSSR count). The Hall–Kier alpha value is -2.96. The molecular formula is C23H20Cl2FNO4. The Morgan fingerprint density at radius 1 is 1.00 bits per heavy atom. The lowest BCUT2D eigenvalue weighted by molar-refractivity contribution is 0.0697. The predicted octanol–water partition coefficient (Wildman–Crippen LogP) is 6.42. The van der Waals surface area contributed by atoms with Crippen molar-refractivity contribution in [3.63, 3.8) is 0 Å². The zero-order valence-electron chi connectivity index (χ0n) is 16.6. The molecule has 5 nitrogen and oxygen atoms in total. The van der Waals surface area contributed by atoms with Gasteiger partial charge in [0.2, 0.25) is 0 Å². The lowest BCUT2D eigenvalue weighted by Gasteiger charge is -2.15. The largest absolute Gasteiger partial charge is 0.490 e. The van der Waals surface area contributed by atoms with Gasteiger partial charge in [-0.3, -0.25) is 0 Å². The van der Waals surface area contributed by atoms with Gasteiger partial charge in [0.1, 0.15) is 12.4 Å². The second kappa shape index (κ2) is 10.4. The van der Waals surface area contributed by atoms with E-state index in [-0.39, 0.29) is 12.2 Å². The molecule has 0 atom stereocenters. The Bertz CT molecular complexity index is 1090. The summed E-state index contributed by atoms with van der Waals surface area (Å²) in [5.41, 5.74) is 2.20. The first-order valence-corrected chi connectivity index (χ1v) is 10.2. The van der Waals surface area contributed by atoms with Crippen molar-refractivity contribution in [2.45, 2.75) is 20.1 Å². The highest BCUT2D eigenvalue weighted by Gasteiger charge is 2.11. The minimum Gasteiger partial charge on any atom is -0.490 e. The van der Waals surface area contributed by atoms with Crippen molar-refractivity contribution >= 4 is 34.9 Å². The van der Waals surface area contributed by atoms with E-state index in [1.54, 1.807) is 12.1 Å². The molecule has 0 aliphatic rings. The smallest absolute Gasteiger partial charge is 0.335 e. The number of carboxylic acids is 1. The monoisotopic (exact) mass is 463 g/mol. The van der Waals surface area contributed by atoms with Crippen molar-refractivity contribution in [2.24, 2.45) is 0 Å². The summed E-state index contributed by atoms with van der Waals surface area (Å²) in [6.45, 7) is 2.86. The fraction of sp³-hybridized carbons (Fsp3) is 0.174. The highest BCUT2D eigenvalue weighted by molar-refractivity contribution is 6.33. The molecule has 0 spiro atoms. The van der Waals surface area contributed by atoms with E-state index >= 15 is 0 Å². The molecule has 0 aliphatic heterocycles. The third-order valence-electron chi connectivity index (χ3n) is 4.40. The number of ether oxygens (including phenoxy) is 2. The number of carbonyl (C=O) groups is 1. The first-order valence-electron chi connectivity index (χ1n) is 9.46. The van der Waals surface area contributed by atoms with Crippen molar-refractivity contribution in [3.8, 4) is 11.5 Å². The van der Waals surface area contributed by atoms with Gasteiger partial charge in [0.25, 0.3) is 0 Å². The van der Waals surface area contributed by atoms with E-state index in [1.165, 1.54) is 30.3 Å². The summed E-state index contributed by atoms with van der Waals surface area (Å²) in [7, 11) is 0. The van der Waals surface area contributed by atoms with Gasteiger partial charge < -0.3 is 19.9 Å². The number of rotatable bonds is 9. The molecule has 2 N–H and O–H groups in total. The maximum atomic E-state index is 13.2. The fourth-order valence-electron chi connectivity index (χ4n) is 2.84. The molecule has 3 aromatic carbocycles. The number of benzene rings is 3. The van der Waals surface area contributed by atoms with Crippen LogP contribution < -0.4 is 14.8 Å². The molecule has 162 valence electrons. The van der Waals surface area contributed by atoms with E-state index < -0.39 is 11.8 Å². The highest BCUT2D eigenvalue weighted by atomic mass is 35.5. The molecule has 0 aliphatic carbocycles. The molecule has 0 unspecified atom stereocenters. The van der Waals surface area contributed by atoms with E-state index in [1.807, 2.05) is 19.1 Å². The van der Waals surface area contributed by atoms with Gasteiger partial charge >= 0.3 is 5.97 Å². The molecule has 31 heavy (non-hydrogen) atoms. The second-order valence-corrected chi connectivity index (χ2v) is 7.41. The summed E-state index contributed by atoms with van der Waals surface area (Å²) in [6.07, 6.45) is 0. The van der Waals surface area contributed by atoms with Crippen LogP contribution in [-0.4, -0.2) is 17.7 Å². The average molecular weight is 464 g/mol. The van der Waals surface area contributed by atoms with Crippen LogP contribution in [0.2, 0.25) is 10.0 Å². The van der Waals surface area contributed by atoms with Crippen LogP contribution >= 0.6 is 23.2 Å². The van der Waals surface area contributed by atoms with E-state index in [9.17, 15) is 9.18 Å². The van der Waals surface area contributed by atoms with Crippen LogP contribution in [0.3, 0.4) is 0 Å².